The van der Waals surface area contributed by atoms with Crippen LogP contribution in [0.3, 0.4) is 0 Å². The third-order valence-corrected chi connectivity index (χ3v) is 4.25. The lowest BCUT2D eigenvalue weighted by atomic mass is 9.88. The summed E-state index contributed by atoms with van der Waals surface area (Å²) in [5.74, 6) is 1.64. The maximum absolute atomic E-state index is 6.05. The second-order valence-corrected chi connectivity index (χ2v) is 5.90. The Labute approximate surface area is 99.1 Å². The molecule has 1 fully saturated rings. The maximum atomic E-state index is 6.05. The SMILES string of the molecule is CC1CCCC2(CC1)CN=C(N)N2C(C)C. The van der Waals surface area contributed by atoms with Crippen LogP contribution in [-0.4, -0.2) is 29.0 Å². The van der Waals surface area contributed by atoms with Gasteiger partial charge < -0.3 is 10.6 Å². The minimum Gasteiger partial charge on any atom is -0.370 e. The third kappa shape index (κ3) is 1.92. The first-order valence-electron chi connectivity index (χ1n) is 6.64. The number of hydrogen-bond acceptors (Lipinski definition) is 3. The Hall–Kier alpha value is -0.730. The lowest BCUT2D eigenvalue weighted by Crippen LogP contribution is -2.54. The van der Waals surface area contributed by atoms with Gasteiger partial charge >= 0.3 is 0 Å². The molecule has 2 N–H and O–H groups in total. The molecular weight excluding hydrogens is 198 g/mol. The van der Waals surface area contributed by atoms with E-state index in [1.165, 1.54) is 32.1 Å². The molecule has 2 rings (SSSR count). The number of rotatable bonds is 1. The zero-order valence-electron chi connectivity index (χ0n) is 10.9. The molecule has 0 saturated heterocycles. The smallest absolute Gasteiger partial charge is 0.192 e. The highest BCUT2D eigenvalue weighted by atomic mass is 15.4. The van der Waals surface area contributed by atoms with Crippen LogP contribution in [-0.2, 0) is 0 Å². The van der Waals surface area contributed by atoms with E-state index < -0.39 is 0 Å². The number of aliphatic imine (C=N–C) groups is 1. The van der Waals surface area contributed by atoms with E-state index in [1.54, 1.807) is 0 Å². The normalized spacial score (nSPS) is 35.6. The van der Waals surface area contributed by atoms with Crippen molar-refractivity contribution < 1.29 is 0 Å². The van der Waals surface area contributed by atoms with Gasteiger partial charge in [0, 0.05) is 6.04 Å². The van der Waals surface area contributed by atoms with Crippen LogP contribution < -0.4 is 5.73 Å². The lowest BCUT2D eigenvalue weighted by Gasteiger charge is -2.41. The van der Waals surface area contributed by atoms with E-state index in [0.29, 0.717) is 6.04 Å². The second kappa shape index (κ2) is 4.27. The zero-order valence-corrected chi connectivity index (χ0v) is 10.9. The van der Waals surface area contributed by atoms with Crippen molar-refractivity contribution in [1.82, 2.24) is 4.90 Å². The van der Waals surface area contributed by atoms with E-state index >= 15 is 0 Å². The number of guanidine groups is 1. The number of nitrogens with two attached hydrogens (primary N) is 1. The van der Waals surface area contributed by atoms with Gasteiger partial charge in [0.05, 0.1) is 12.1 Å². The van der Waals surface area contributed by atoms with Crippen molar-refractivity contribution in [3.63, 3.8) is 0 Å². The monoisotopic (exact) mass is 223 g/mol. The van der Waals surface area contributed by atoms with E-state index in [4.69, 9.17) is 5.73 Å². The van der Waals surface area contributed by atoms with E-state index in [2.05, 4.69) is 30.7 Å². The fourth-order valence-corrected chi connectivity index (χ4v) is 3.40. The molecule has 3 heteroatoms. The fraction of sp³-hybridized carbons (Fsp3) is 0.923. The Morgan fingerprint density at radius 3 is 2.81 bits per heavy atom. The zero-order chi connectivity index (χ0) is 11.8. The predicted octanol–water partition coefficient (Wildman–Crippen LogP) is 2.36. The minimum atomic E-state index is 0.253. The fourth-order valence-electron chi connectivity index (χ4n) is 3.40. The van der Waals surface area contributed by atoms with Gasteiger partial charge in [-0.1, -0.05) is 19.8 Å². The molecule has 0 aromatic carbocycles. The maximum Gasteiger partial charge on any atom is 0.192 e. The average molecular weight is 223 g/mol. The molecule has 1 spiro atoms. The Kier molecular flexibility index (Phi) is 3.13. The molecule has 0 bridgehead atoms. The van der Waals surface area contributed by atoms with Crippen molar-refractivity contribution in [2.24, 2.45) is 16.6 Å². The van der Waals surface area contributed by atoms with Crippen LogP contribution in [0.25, 0.3) is 0 Å². The van der Waals surface area contributed by atoms with Gasteiger partial charge in [-0.3, -0.25) is 4.99 Å². The molecule has 0 aromatic heterocycles. The lowest BCUT2D eigenvalue weighted by molar-refractivity contribution is 0.142. The highest BCUT2D eigenvalue weighted by molar-refractivity contribution is 5.81. The summed E-state index contributed by atoms with van der Waals surface area (Å²) in [6.07, 6.45) is 6.54. The molecule has 0 aromatic rings. The molecule has 0 amide bonds. The quantitative estimate of drug-likeness (QED) is 0.741. The summed E-state index contributed by atoms with van der Waals surface area (Å²) < 4.78 is 0. The number of hydrogen-bond donors (Lipinski definition) is 1. The van der Waals surface area contributed by atoms with E-state index in [9.17, 15) is 0 Å². The van der Waals surface area contributed by atoms with Crippen molar-refractivity contribution in [3.8, 4) is 0 Å². The molecule has 16 heavy (non-hydrogen) atoms. The molecule has 92 valence electrons. The van der Waals surface area contributed by atoms with Crippen LogP contribution in [0.5, 0.6) is 0 Å². The molecule has 1 aliphatic heterocycles. The Morgan fingerprint density at radius 2 is 2.12 bits per heavy atom. The van der Waals surface area contributed by atoms with E-state index in [0.717, 1.165) is 18.4 Å². The van der Waals surface area contributed by atoms with Crippen LogP contribution in [0.2, 0.25) is 0 Å². The summed E-state index contributed by atoms with van der Waals surface area (Å²) in [7, 11) is 0. The molecule has 0 radical (unpaired) electrons. The predicted molar refractivity (Wildman–Crippen MR) is 68.4 cm³/mol. The van der Waals surface area contributed by atoms with Gasteiger partial charge in [0.1, 0.15) is 0 Å². The molecule has 1 aliphatic carbocycles. The summed E-state index contributed by atoms with van der Waals surface area (Å²) >= 11 is 0. The third-order valence-electron chi connectivity index (χ3n) is 4.25. The van der Waals surface area contributed by atoms with Gasteiger partial charge in [0.25, 0.3) is 0 Å². The molecule has 2 atom stereocenters. The second-order valence-electron chi connectivity index (χ2n) is 5.90. The first kappa shape index (κ1) is 11.7. The molecule has 2 unspecified atom stereocenters. The highest BCUT2D eigenvalue weighted by Crippen LogP contribution is 2.38. The minimum absolute atomic E-state index is 0.253. The molecule has 2 aliphatic rings. The van der Waals surface area contributed by atoms with Gasteiger partial charge in [-0.15, -0.1) is 0 Å². The summed E-state index contributed by atoms with van der Waals surface area (Å²) in [6, 6.07) is 0.472. The molecule has 1 saturated carbocycles. The summed E-state index contributed by atoms with van der Waals surface area (Å²) in [4.78, 5) is 6.88. The van der Waals surface area contributed by atoms with Crippen molar-refractivity contribution in [3.05, 3.63) is 0 Å². The van der Waals surface area contributed by atoms with Gasteiger partial charge in [0.15, 0.2) is 5.96 Å². The van der Waals surface area contributed by atoms with Crippen LogP contribution in [0, 0.1) is 5.92 Å². The van der Waals surface area contributed by atoms with Gasteiger partial charge in [-0.05, 0) is 39.0 Å². The van der Waals surface area contributed by atoms with Crippen molar-refractivity contribution in [2.75, 3.05) is 6.54 Å². The van der Waals surface area contributed by atoms with Crippen molar-refractivity contribution >= 4 is 5.96 Å². The van der Waals surface area contributed by atoms with Gasteiger partial charge in [0.2, 0.25) is 0 Å². The standard InChI is InChI=1S/C13H25N3/c1-10(2)16-12(14)15-9-13(16)7-4-5-11(3)6-8-13/h10-11H,4-9H2,1-3H3,(H2,14,15). The van der Waals surface area contributed by atoms with Crippen molar-refractivity contribution in [1.29, 1.82) is 0 Å². The topological polar surface area (TPSA) is 41.6 Å². The van der Waals surface area contributed by atoms with Crippen LogP contribution >= 0.6 is 0 Å². The first-order chi connectivity index (χ1) is 7.55. The highest BCUT2D eigenvalue weighted by Gasteiger charge is 2.43. The van der Waals surface area contributed by atoms with E-state index in [-0.39, 0.29) is 5.54 Å². The first-order valence-corrected chi connectivity index (χ1v) is 6.64. The largest absolute Gasteiger partial charge is 0.370 e. The van der Waals surface area contributed by atoms with Crippen molar-refractivity contribution in [2.45, 2.75) is 64.5 Å². The summed E-state index contributed by atoms with van der Waals surface area (Å²) in [5.41, 5.74) is 6.30. The van der Waals surface area contributed by atoms with Crippen LogP contribution in [0.1, 0.15) is 52.9 Å². The molecular formula is C13H25N3. The van der Waals surface area contributed by atoms with E-state index in [1.807, 2.05) is 0 Å². The van der Waals surface area contributed by atoms with Crippen LogP contribution in [0.15, 0.2) is 4.99 Å². The summed E-state index contributed by atoms with van der Waals surface area (Å²) in [6.45, 7) is 7.75. The Morgan fingerprint density at radius 1 is 1.38 bits per heavy atom. The molecule has 1 heterocycles. The molecule has 3 nitrogen and oxygen atoms in total. The number of nitrogens with zero attached hydrogens (tertiary/aromatic N) is 2. The summed E-state index contributed by atoms with van der Waals surface area (Å²) in [5, 5.41) is 0. The van der Waals surface area contributed by atoms with Crippen LogP contribution in [0.4, 0.5) is 0 Å². The van der Waals surface area contributed by atoms with Gasteiger partial charge in [-0.2, -0.15) is 0 Å². The van der Waals surface area contributed by atoms with Gasteiger partial charge in [-0.25, -0.2) is 0 Å². The average Bonchev–Trinajstić information content (AvgIpc) is 2.41. The Balaban J connectivity index is 2.18. The Bertz CT molecular complexity index is 285.